The van der Waals surface area contributed by atoms with Crippen LogP contribution >= 0.6 is 0 Å². The van der Waals surface area contributed by atoms with Gasteiger partial charge in [0.25, 0.3) is 5.91 Å². The summed E-state index contributed by atoms with van der Waals surface area (Å²) in [6.07, 6.45) is 1.24. The van der Waals surface area contributed by atoms with Gasteiger partial charge in [0.15, 0.2) is 0 Å². The molecule has 5 heteroatoms. The van der Waals surface area contributed by atoms with Gasteiger partial charge in [-0.05, 0) is 67.0 Å². The first-order chi connectivity index (χ1) is 17.1. The molecule has 188 valence electrons. The Morgan fingerprint density at radius 1 is 0.944 bits per heavy atom. The first-order valence-corrected chi connectivity index (χ1v) is 12.6. The van der Waals surface area contributed by atoms with Gasteiger partial charge in [-0.2, -0.15) is 0 Å². The number of likely N-dealkylation sites (tertiary alicyclic amines) is 1. The molecule has 0 spiro atoms. The van der Waals surface area contributed by atoms with Crippen LogP contribution in [0.3, 0.4) is 0 Å². The predicted octanol–water partition coefficient (Wildman–Crippen LogP) is 6.97. The van der Waals surface area contributed by atoms with Gasteiger partial charge in [0, 0.05) is 23.4 Å². The van der Waals surface area contributed by atoms with Crippen LogP contribution in [0, 0.1) is 25.6 Å². The van der Waals surface area contributed by atoms with Crippen molar-refractivity contribution in [1.29, 1.82) is 0 Å². The lowest BCUT2D eigenvalue weighted by molar-refractivity contribution is -0.123. The maximum Gasteiger partial charge on any atom is 0.254 e. The van der Waals surface area contributed by atoms with Crippen molar-refractivity contribution in [3.05, 3.63) is 100 Å². The molecule has 1 N–H and O–H groups in total. The molecule has 36 heavy (non-hydrogen) atoms. The van der Waals surface area contributed by atoms with Gasteiger partial charge < -0.3 is 10.2 Å². The highest BCUT2D eigenvalue weighted by Gasteiger charge is 2.41. The summed E-state index contributed by atoms with van der Waals surface area (Å²) in [4.78, 5) is 29.3. The molecule has 1 saturated heterocycles. The van der Waals surface area contributed by atoms with E-state index in [9.17, 15) is 9.59 Å². The largest absolute Gasteiger partial charge is 0.331 e. The van der Waals surface area contributed by atoms with E-state index in [2.05, 4.69) is 26.1 Å². The van der Waals surface area contributed by atoms with Crippen LogP contribution in [0.1, 0.15) is 72.3 Å². The number of piperidine rings is 1. The van der Waals surface area contributed by atoms with E-state index in [-0.39, 0.29) is 17.2 Å². The normalized spacial score (nSPS) is 18.1. The van der Waals surface area contributed by atoms with E-state index in [4.69, 9.17) is 0 Å². The highest BCUT2D eigenvalue weighted by atomic mass is 19.1. The Labute approximate surface area is 213 Å². The zero-order chi connectivity index (χ0) is 26.0. The summed E-state index contributed by atoms with van der Waals surface area (Å²) in [5.74, 6) is -1.35. The Morgan fingerprint density at radius 3 is 2.28 bits per heavy atom. The maximum atomic E-state index is 15.1. The van der Waals surface area contributed by atoms with E-state index in [1.807, 2.05) is 56.3 Å². The second-order valence-electron chi connectivity index (χ2n) is 10.8. The van der Waals surface area contributed by atoms with E-state index in [0.29, 0.717) is 36.2 Å². The average molecular weight is 487 g/mol. The molecule has 2 atom stereocenters. The second-order valence-corrected chi connectivity index (χ2v) is 10.8. The fourth-order valence-electron chi connectivity index (χ4n) is 5.19. The quantitative estimate of drug-likeness (QED) is 0.433. The molecule has 0 bridgehead atoms. The van der Waals surface area contributed by atoms with Crippen LogP contribution < -0.4 is 5.32 Å². The number of nitrogens with zero attached hydrogens (tertiary/aromatic N) is 1. The summed E-state index contributed by atoms with van der Waals surface area (Å²) in [7, 11) is 0. The van der Waals surface area contributed by atoms with E-state index >= 15 is 4.39 Å². The van der Waals surface area contributed by atoms with Gasteiger partial charge >= 0.3 is 0 Å². The lowest BCUT2D eigenvalue weighted by Gasteiger charge is -2.41. The monoisotopic (exact) mass is 486 g/mol. The van der Waals surface area contributed by atoms with Crippen LogP contribution in [0.4, 0.5) is 10.1 Å². The molecule has 0 aromatic heterocycles. The minimum atomic E-state index is -0.697. The minimum absolute atomic E-state index is 0.0596. The number of rotatable bonds is 4. The van der Waals surface area contributed by atoms with Crippen LogP contribution in [0.25, 0.3) is 0 Å². The Balaban J connectivity index is 1.72. The lowest BCUT2D eigenvalue weighted by atomic mass is 9.82. The number of hydrogen-bond donors (Lipinski definition) is 1. The van der Waals surface area contributed by atoms with Crippen LogP contribution in [0.2, 0.25) is 0 Å². The molecule has 1 heterocycles. The highest BCUT2D eigenvalue weighted by Crippen LogP contribution is 2.39. The Bertz CT molecular complexity index is 1260. The number of carbonyl (C=O) groups is 2. The molecular formula is C31H35FN2O2. The Kier molecular flexibility index (Phi) is 7.30. The van der Waals surface area contributed by atoms with Crippen molar-refractivity contribution in [2.45, 2.75) is 58.9 Å². The molecule has 0 radical (unpaired) electrons. The van der Waals surface area contributed by atoms with Gasteiger partial charge in [-0.25, -0.2) is 4.39 Å². The second kappa shape index (κ2) is 10.3. The number of aryl methyl sites for hydroxylation is 2. The SMILES string of the molecule is Cc1cccc(C)c1C(=O)N1CCCC(C(=O)Nc2cccc(C(C)(C)C)c2)C1c1ccccc1F. The zero-order valence-corrected chi connectivity index (χ0v) is 21.8. The molecule has 2 amide bonds. The highest BCUT2D eigenvalue weighted by molar-refractivity contribution is 5.99. The van der Waals surface area contributed by atoms with E-state index < -0.39 is 17.8 Å². The van der Waals surface area contributed by atoms with Gasteiger partial charge in [0.05, 0.1) is 12.0 Å². The minimum Gasteiger partial charge on any atom is -0.331 e. The first-order valence-electron chi connectivity index (χ1n) is 12.6. The molecule has 4 rings (SSSR count). The summed E-state index contributed by atoms with van der Waals surface area (Å²) < 4.78 is 15.1. The summed E-state index contributed by atoms with van der Waals surface area (Å²) in [6, 6.07) is 19.4. The van der Waals surface area contributed by atoms with Crippen molar-refractivity contribution in [3.8, 4) is 0 Å². The van der Waals surface area contributed by atoms with Gasteiger partial charge in [0.2, 0.25) is 5.91 Å². The molecule has 4 nitrogen and oxygen atoms in total. The number of carbonyl (C=O) groups excluding carboxylic acids is 2. The molecule has 1 aliphatic rings. The fourth-order valence-corrected chi connectivity index (χ4v) is 5.19. The van der Waals surface area contributed by atoms with Crippen LogP contribution in [0.5, 0.6) is 0 Å². The number of benzene rings is 3. The third kappa shape index (κ3) is 5.20. The molecule has 0 saturated carbocycles. The number of nitrogens with one attached hydrogen (secondary N) is 1. The molecule has 0 aliphatic carbocycles. The van der Waals surface area contributed by atoms with Crippen LogP contribution in [-0.2, 0) is 10.2 Å². The van der Waals surface area contributed by atoms with E-state index in [0.717, 1.165) is 16.7 Å². The predicted molar refractivity (Wildman–Crippen MR) is 143 cm³/mol. The number of halogens is 1. The van der Waals surface area contributed by atoms with Crippen molar-refractivity contribution < 1.29 is 14.0 Å². The van der Waals surface area contributed by atoms with Crippen molar-refractivity contribution in [1.82, 2.24) is 4.90 Å². The number of hydrogen-bond acceptors (Lipinski definition) is 2. The van der Waals surface area contributed by atoms with Gasteiger partial charge in [-0.15, -0.1) is 0 Å². The fraction of sp³-hybridized carbons (Fsp3) is 0.355. The summed E-state index contributed by atoms with van der Waals surface area (Å²) >= 11 is 0. The molecule has 2 unspecified atom stereocenters. The van der Waals surface area contributed by atoms with Gasteiger partial charge in [0.1, 0.15) is 5.82 Å². The molecule has 1 fully saturated rings. The topological polar surface area (TPSA) is 49.4 Å². The third-order valence-electron chi connectivity index (χ3n) is 7.14. The lowest BCUT2D eigenvalue weighted by Crippen LogP contribution is -2.47. The molecular weight excluding hydrogens is 451 g/mol. The molecule has 1 aliphatic heterocycles. The van der Waals surface area contributed by atoms with Crippen LogP contribution in [0.15, 0.2) is 66.7 Å². The summed E-state index contributed by atoms with van der Waals surface area (Å²) in [5, 5.41) is 3.07. The summed E-state index contributed by atoms with van der Waals surface area (Å²) in [5.41, 5.74) is 4.50. The van der Waals surface area contributed by atoms with Crippen molar-refractivity contribution >= 4 is 17.5 Å². The van der Waals surface area contributed by atoms with Crippen molar-refractivity contribution in [3.63, 3.8) is 0 Å². The standard InChI is InChI=1S/C31H35FN2O2/c1-20-11-8-12-21(2)27(20)30(36)34-18-10-16-25(28(34)24-15-6-7-17-26(24)32)29(35)33-23-14-9-13-22(19-23)31(3,4)5/h6-9,11-15,17,19,25,28H,10,16,18H2,1-5H3,(H,33,35). The van der Waals surface area contributed by atoms with E-state index in [1.54, 1.807) is 23.1 Å². The first kappa shape index (κ1) is 25.6. The number of anilines is 1. The van der Waals surface area contributed by atoms with Crippen molar-refractivity contribution in [2.24, 2.45) is 5.92 Å². The smallest absolute Gasteiger partial charge is 0.254 e. The Morgan fingerprint density at radius 2 is 1.61 bits per heavy atom. The van der Waals surface area contributed by atoms with E-state index in [1.165, 1.54) is 6.07 Å². The zero-order valence-electron chi connectivity index (χ0n) is 21.8. The Hall–Kier alpha value is -3.47. The third-order valence-corrected chi connectivity index (χ3v) is 7.14. The van der Waals surface area contributed by atoms with Crippen molar-refractivity contribution in [2.75, 3.05) is 11.9 Å². The summed E-state index contributed by atoms with van der Waals surface area (Å²) in [6.45, 7) is 10.7. The van der Waals surface area contributed by atoms with Gasteiger partial charge in [-0.1, -0.05) is 69.3 Å². The molecule has 3 aromatic carbocycles. The average Bonchev–Trinajstić information content (AvgIpc) is 2.83. The maximum absolute atomic E-state index is 15.1. The van der Waals surface area contributed by atoms with Crippen LogP contribution in [-0.4, -0.2) is 23.3 Å². The molecule has 3 aromatic rings. The number of amides is 2. The van der Waals surface area contributed by atoms with Gasteiger partial charge in [-0.3, -0.25) is 9.59 Å².